The first kappa shape index (κ1) is 11.7. The predicted octanol–water partition coefficient (Wildman–Crippen LogP) is 1.70. The van der Waals surface area contributed by atoms with Crippen LogP contribution < -0.4 is 0 Å². The zero-order chi connectivity index (χ0) is 12.5. The van der Waals surface area contributed by atoms with Crippen molar-refractivity contribution in [3.05, 3.63) is 42.2 Å². The smallest absolute Gasteiger partial charge is 0.282 e. The quantitative estimate of drug-likeness (QED) is 0.820. The van der Waals surface area contributed by atoms with Gasteiger partial charge in [0.15, 0.2) is 0 Å². The van der Waals surface area contributed by atoms with Crippen molar-refractivity contribution >= 4 is 10.1 Å². The van der Waals surface area contributed by atoms with E-state index >= 15 is 0 Å². The molecule has 2 aromatic rings. The Labute approximate surface area is 98.9 Å². The van der Waals surface area contributed by atoms with Gasteiger partial charge in [-0.2, -0.15) is 8.42 Å². The standard InChI is InChI=1S/C11H10N2O3S/c1-8-2-4-12-10(6-8)11-7-9(3-5-13-11)17(14,15)16/h2-7H,1H3,(H,14,15,16). The first-order valence-corrected chi connectivity index (χ1v) is 6.27. The third kappa shape index (κ3) is 2.66. The van der Waals surface area contributed by atoms with Crippen LogP contribution >= 0.6 is 0 Å². The van der Waals surface area contributed by atoms with Crippen molar-refractivity contribution in [2.24, 2.45) is 0 Å². The van der Waals surface area contributed by atoms with Gasteiger partial charge in [-0.15, -0.1) is 0 Å². The Kier molecular flexibility index (Phi) is 2.91. The molecule has 0 saturated carbocycles. The highest BCUT2D eigenvalue weighted by atomic mass is 32.2. The van der Waals surface area contributed by atoms with E-state index in [1.54, 1.807) is 12.3 Å². The second-order valence-electron chi connectivity index (χ2n) is 3.57. The summed E-state index contributed by atoms with van der Waals surface area (Å²) >= 11 is 0. The monoisotopic (exact) mass is 250 g/mol. The second kappa shape index (κ2) is 4.23. The fourth-order valence-corrected chi connectivity index (χ4v) is 1.88. The van der Waals surface area contributed by atoms with Crippen LogP contribution in [0.4, 0.5) is 0 Å². The Morgan fingerprint density at radius 3 is 2.24 bits per heavy atom. The average molecular weight is 250 g/mol. The molecule has 0 saturated heterocycles. The lowest BCUT2D eigenvalue weighted by Crippen LogP contribution is -1.99. The Balaban J connectivity index is 2.54. The molecule has 0 radical (unpaired) electrons. The van der Waals surface area contributed by atoms with Crippen LogP contribution in [0.15, 0.2) is 41.6 Å². The Morgan fingerprint density at radius 1 is 1.06 bits per heavy atom. The van der Waals surface area contributed by atoms with Crippen LogP contribution in [0, 0.1) is 6.92 Å². The van der Waals surface area contributed by atoms with E-state index in [9.17, 15) is 8.42 Å². The molecule has 0 spiro atoms. The zero-order valence-electron chi connectivity index (χ0n) is 9.03. The molecule has 0 atom stereocenters. The summed E-state index contributed by atoms with van der Waals surface area (Å²) in [4.78, 5) is 7.93. The van der Waals surface area contributed by atoms with Gasteiger partial charge < -0.3 is 0 Å². The molecule has 0 aliphatic heterocycles. The number of pyridine rings is 2. The molecular formula is C11H10N2O3S. The van der Waals surface area contributed by atoms with Gasteiger partial charge in [0.05, 0.1) is 16.3 Å². The normalized spacial score (nSPS) is 11.4. The Hall–Kier alpha value is -1.79. The van der Waals surface area contributed by atoms with Crippen LogP contribution in [0.5, 0.6) is 0 Å². The van der Waals surface area contributed by atoms with Crippen LogP contribution in [0.3, 0.4) is 0 Å². The highest BCUT2D eigenvalue weighted by molar-refractivity contribution is 7.85. The number of hydrogen-bond donors (Lipinski definition) is 1. The molecule has 17 heavy (non-hydrogen) atoms. The van der Waals surface area contributed by atoms with Gasteiger partial charge in [-0.25, -0.2) is 0 Å². The molecule has 1 N–H and O–H groups in total. The summed E-state index contributed by atoms with van der Waals surface area (Å²) in [7, 11) is -4.21. The lowest BCUT2D eigenvalue weighted by atomic mass is 10.2. The largest absolute Gasteiger partial charge is 0.294 e. The minimum absolute atomic E-state index is 0.189. The summed E-state index contributed by atoms with van der Waals surface area (Å²) in [5.41, 5.74) is 1.97. The van der Waals surface area contributed by atoms with Gasteiger partial charge in [-0.05, 0) is 36.8 Å². The summed E-state index contributed by atoms with van der Waals surface area (Å²) in [6.45, 7) is 1.90. The first-order valence-electron chi connectivity index (χ1n) is 4.83. The van der Waals surface area contributed by atoms with E-state index < -0.39 is 10.1 Å². The maximum Gasteiger partial charge on any atom is 0.294 e. The molecule has 0 bridgehead atoms. The first-order chi connectivity index (χ1) is 7.97. The third-order valence-corrected chi connectivity index (χ3v) is 3.06. The van der Waals surface area contributed by atoms with E-state index in [1.807, 2.05) is 13.0 Å². The highest BCUT2D eigenvalue weighted by Gasteiger charge is 2.11. The molecular weight excluding hydrogens is 240 g/mol. The van der Waals surface area contributed by atoms with Crippen molar-refractivity contribution in [3.8, 4) is 11.4 Å². The van der Waals surface area contributed by atoms with Crippen molar-refractivity contribution in [1.82, 2.24) is 9.97 Å². The minimum atomic E-state index is -4.21. The lowest BCUT2D eigenvalue weighted by Gasteiger charge is -2.02. The Bertz CT molecular complexity index is 653. The molecule has 0 aromatic carbocycles. The summed E-state index contributed by atoms with van der Waals surface area (Å²) in [6.07, 6.45) is 2.94. The zero-order valence-corrected chi connectivity index (χ0v) is 9.85. The van der Waals surface area contributed by atoms with E-state index in [-0.39, 0.29) is 4.90 Å². The average Bonchev–Trinajstić information content (AvgIpc) is 2.28. The number of aromatic nitrogens is 2. The van der Waals surface area contributed by atoms with Gasteiger partial charge in [-0.1, -0.05) is 0 Å². The summed E-state index contributed by atoms with van der Waals surface area (Å²) in [6, 6.07) is 6.14. The summed E-state index contributed by atoms with van der Waals surface area (Å²) in [5.74, 6) is 0. The van der Waals surface area contributed by atoms with Crippen LogP contribution in [0.1, 0.15) is 5.56 Å². The molecule has 6 heteroatoms. The second-order valence-corrected chi connectivity index (χ2v) is 4.99. The number of nitrogens with zero attached hydrogens (tertiary/aromatic N) is 2. The van der Waals surface area contributed by atoms with Crippen LogP contribution in [0.2, 0.25) is 0 Å². The molecule has 88 valence electrons. The van der Waals surface area contributed by atoms with Gasteiger partial charge in [0, 0.05) is 12.4 Å². The van der Waals surface area contributed by atoms with Crippen molar-refractivity contribution < 1.29 is 13.0 Å². The van der Waals surface area contributed by atoms with E-state index in [0.717, 1.165) is 5.56 Å². The van der Waals surface area contributed by atoms with E-state index in [1.165, 1.54) is 18.3 Å². The molecule has 0 unspecified atom stereocenters. The molecule has 0 fully saturated rings. The Morgan fingerprint density at radius 2 is 1.65 bits per heavy atom. The highest BCUT2D eigenvalue weighted by Crippen LogP contribution is 2.18. The van der Waals surface area contributed by atoms with Crippen molar-refractivity contribution in [2.75, 3.05) is 0 Å². The minimum Gasteiger partial charge on any atom is -0.282 e. The molecule has 0 amide bonds. The van der Waals surface area contributed by atoms with E-state index in [0.29, 0.717) is 11.4 Å². The lowest BCUT2D eigenvalue weighted by molar-refractivity contribution is 0.483. The molecule has 0 aliphatic carbocycles. The molecule has 5 nitrogen and oxygen atoms in total. The predicted molar refractivity (Wildman–Crippen MR) is 62.0 cm³/mol. The maximum absolute atomic E-state index is 11.0. The molecule has 2 aromatic heterocycles. The molecule has 0 aliphatic rings. The van der Waals surface area contributed by atoms with Gasteiger partial charge in [0.25, 0.3) is 10.1 Å². The van der Waals surface area contributed by atoms with Gasteiger partial charge in [-0.3, -0.25) is 14.5 Å². The van der Waals surface area contributed by atoms with Crippen molar-refractivity contribution in [3.63, 3.8) is 0 Å². The SMILES string of the molecule is Cc1ccnc(-c2cc(S(=O)(=O)O)ccn2)c1. The summed E-state index contributed by atoms with van der Waals surface area (Å²) < 4.78 is 30.9. The molecule has 2 heterocycles. The fraction of sp³-hybridized carbons (Fsp3) is 0.0909. The van der Waals surface area contributed by atoms with Crippen molar-refractivity contribution in [1.29, 1.82) is 0 Å². The van der Waals surface area contributed by atoms with Gasteiger partial charge in [0.2, 0.25) is 0 Å². The topological polar surface area (TPSA) is 80.2 Å². The van der Waals surface area contributed by atoms with Crippen LogP contribution in [-0.2, 0) is 10.1 Å². The fourth-order valence-electron chi connectivity index (χ4n) is 1.39. The number of rotatable bonds is 2. The van der Waals surface area contributed by atoms with Crippen LogP contribution in [0.25, 0.3) is 11.4 Å². The third-order valence-electron chi connectivity index (χ3n) is 2.21. The van der Waals surface area contributed by atoms with E-state index in [4.69, 9.17) is 4.55 Å². The van der Waals surface area contributed by atoms with E-state index in [2.05, 4.69) is 9.97 Å². The van der Waals surface area contributed by atoms with Gasteiger partial charge >= 0.3 is 0 Å². The number of aryl methyl sites for hydroxylation is 1. The van der Waals surface area contributed by atoms with Crippen molar-refractivity contribution in [2.45, 2.75) is 11.8 Å². The summed E-state index contributed by atoms with van der Waals surface area (Å²) in [5, 5.41) is 0. The number of hydrogen-bond acceptors (Lipinski definition) is 4. The van der Waals surface area contributed by atoms with Crippen LogP contribution in [-0.4, -0.2) is 22.9 Å². The maximum atomic E-state index is 11.0. The molecule has 2 rings (SSSR count). The van der Waals surface area contributed by atoms with Gasteiger partial charge in [0.1, 0.15) is 0 Å².